The van der Waals surface area contributed by atoms with Gasteiger partial charge < -0.3 is 10.2 Å². The van der Waals surface area contributed by atoms with Gasteiger partial charge in [0.25, 0.3) is 0 Å². The summed E-state index contributed by atoms with van der Waals surface area (Å²) in [5.74, 6) is 1.04. The molecule has 3 heterocycles. The van der Waals surface area contributed by atoms with Gasteiger partial charge in [-0.15, -0.1) is 0 Å². The SMILES string of the molecule is C[C@@H](CCn1cccn1)Nc1cccc2c1CN(c1ccccn1)C2. The van der Waals surface area contributed by atoms with Crippen molar-refractivity contribution in [1.82, 2.24) is 14.8 Å². The van der Waals surface area contributed by atoms with Gasteiger partial charge in [0.15, 0.2) is 0 Å². The Balaban J connectivity index is 1.44. The van der Waals surface area contributed by atoms with Crippen molar-refractivity contribution in [3.05, 3.63) is 72.2 Å². The number of anilines is 2. The van der Waals surface area contributed by atoms with Crippen LogP contribution in [0.15, 0.2) is 61.1 Å². The topological polar surface area (TPSA) is 46.0 Å². The molecule has 2 aromatic heterocycles. The van der Waals surface area contributed by atoms with Gasteiger partial charge in [-0.25, -0.2) is 4.98 Å². The minimum Gasteiger partial charge on any atom is -0.382 e. The molecular weight excluding hydrogens is 310 g/mol. The van der Waals surface area contributed by atoms with Gasteiger partial charge in [0.1, 0.15) is 5.82 Å². The lowest BCUT2D eigenvalue weighted by Crippen LogP contribution is -2.19. The van der Waals surface area contributed by atoms with Crippen molar-refractivity contribution in [1.29, 1.82) is 0 Å². The van der Waals surface area contributed by atoms with Crippen LogP contribution in [0.1, 0.15) is 24.5 Å². The van der Waals surface area contributed by atoms with Crippen LogP contribution in [0.3, 0.4) is 0 Å². The highest BCUT2D eigenvalue weighted by molar-refractivity contribution is 5.60. The molecule has 1 aliphatic rings. The average molecular weight is 333 g/mol. The van der Waals surface area contributed by atoms with Gasteiger partial charge in [-0.05, 0) is 48.7 Å². The summed E-state index contributed by atoms with van der Waals surface area (Å²) in [5.41, 5.74) is 4.01. The Kier molecular flexibility index (Phi) is 4.37. The fourth-order valence-corrected chi connectivity index (χ4v) is 3.36. The molecule has 1 aliphatic heterocycles. The van der Waals surface area contributed by atoms with Crippen molar-refractivity contribution in [3.8, 4) is 0 Å². The highest BCUT2D eigenvalue weighted by Crippen LogP contribution is 2.32. The first kappa shape index (κ1) is 15.7. The first-order valence-electron chi connectivity index (χ1n) is 8.80. The van der Waals surface area contributed by atoms with Gasteiger partial charge in [0.05, 0.1) is 0 Å². The molecular formula is C20H23N5. The molecule has 0 bridgehead atoms. The lowest BCUT2D eigenvalue weighted by atomic mass is 10.1. The van der Waals surface area contributed by atoms with Crippen LogP contribution < -0.4 is 10.2 Å². The second-order valence-electron chi connectivity index (χ2n) is 6.59. The van der Waals surface area contributed by atoms with Crippen LogP contribution in [0.2, 0.25) is 0 Å². The molecule has 128 valence electrons. The molecule has 1 N–H and O–H groups in total. The summed E-state index contributed by atoms with van der Waals surface area (Å²) in [5, 5.41) is 7.96. The molecule has 5 heteroatoms. The predicted octanol–water partition coefficient (Wildman–Crippen LogP) is 3.69. The number of rotatable bonds is 6. The molecule has 0 saturated heterocycles. The monoisotopic (exact) mass is 333 g/mol. The molecule has 4 rings (SSSR count). The summed E-state index contributed by atoms with van der Waals surface area (Å²) < 4.78 is 1.98. The maximum atomic E-state index is 4.49. The van der Waals surface area contributed by atoms with Crippen LogP contribution in [0.5, 0.6) is 0 Å². The molecule has 25 heavy (non-hydrogen) atoms. The summed E-state index contributed by atoms with van der Waals surface area (Å²) in [4.78, 5) is 6.81. The Morgan fingerprint density at radius 1 is 1.08 bits per heavy atom. The van der Waals surface area contributed by atoms with Crippen molar-refractivity contribution >= 4 is 11.5 Å². The number of benzene rings is 1. The Morgan fingerprint density at radius 2 is 2.04 bits per heavy atom. The van der Waals surface area contributed by atoms with Crippen molar-refractivity contribution in [2.24, 2.45) is 0 Å². The Labute approximate surface area is 148 Å². The number of aryl methyl sites for hydroxylation is 1. The highest BCUT2D eigenvalue weighted by atomic mass is 15.3. The lowest BCUT2D eigenvalue weighted by Gasteiger charge is -2.19. The minimum absolute atomic E-state index is 0.389. The van der Waals surface area contributed by atoms with Crippen molar-refractivity contribution in [3.63, 3.8) is 0 Å². The van der Waals surface area contributed by atoms with Gasteiger partial charge in [-0.1, -0.05) is 18.2 Å². The summed E-state index contributed by atoms with van der Waals surface area (Å²) in [7, 11) is 0. The second-order valence-corrected chi connectivity index (χ2v) is 6.59. The zero-order chi connectivity index (χ0) is 17.1. The third-order valence-corrected chi connectivity index (χ3v) is 4.71. The summed E-state index contributed by atoms with van der Waals surface area (Å²) in [6.07, 6.45) is 6.73. The highest BCUT2D eigenvalue weighted by Gasteiger charge is 2.22. The Bertz CT molecular complexity index is 813. The van der Waals surface area contributed by atoms with Crippen LogP contribution in [0.4, 0.5) is 11.5 Å². The van der Waals surface area contributed by atoms with Crippen molar-refractivity contribution in [2.45, 2.75) is 39.0 Å². The number of nitrogens with zero attached hydrogens (tertiary/aromatic N) is 4. The Morgan fingerprint density at radius 3 is 2.84 bits per heavy atom. The number of aromatic nitrogens is 3. The maximum absolute atomic E-state index is 4.49. The lowest BCUT2D eigenvalue weighted by molar-refractivity contribution is 0.545. The van der Waals surface area contributed by atoms with E-state index in [-0.39, 0.29) is 0 Å². The predicted molar refractivity (Wildman–Crippen MR) is 100 cm³/mol. The van der Waals surface area contributed by atoms with E-state index in [1.807, 2.05) is 41.5 Å². The van der Waals surface area contributed by atoms with Crippen molar-refractivity contribution < 1.29 is 0 Å². The van der Waals surface area contributed by atoms with E-state index in [4.69, 9.17) is 0 Å². The summed E-state index contributed by atoms with van der Waals surface area (Å²) in [6, 6.07) is 15.0. The van der Waals surface area contributed by atoms with E-state index in [2.05, 4.69) is 51.5 Å². The van der Waals surface area contributed by atoms with Crippen LogP contribution in [-0.2, 0) is 19.6 Å². The third kappa shape index (κ3) is 3.50. The summed E-state index contributed by atoms with van der Waals surface area (Å²) >= 11 is 0. The minimum atomic E-state index is 0.389. The van der Waals surface area contributed by atoms with E-state index in [9.17, 15) is 0 Å². The number of hydrogen-bond donors (Lipinski definition) is 1. The third-order valence-electron chi connectivity index (χ3n) is 4.71. The quantitative estimate of drug-likeness (QED) is 0.747. The van der Waals surface area contributed by atoms with Crippen LogP contribution in [0, 0.1) is 0 Å². The largest absolute Gasteiger partial charge is 0.382 e. The number of nitrogens with one attached hydrogen (secondary N) is 1. The zero-order valence-electron chi connectivity index (χ0n) is 14.5. The normalized spacial score (nSPS) is 14.4. The molecule has 3 aromatic rings. The fraction of sp³-hybridized carbons (Fsp3) is 0.300. The average Bonchev–Trinajstić information content (AvgIpc) is 3.31. The van der Waals surface area contributed by atoms with Crippen LogP contribution in [-0.4, -0.2) is 20.8 Å². The van der Waals surface area contributed by atoms with Gasteiger partial charge >= 0.3 is 0 Å². The molecule has 5 nitrogen and oxygen atoms in total. The molecule has 0 aliphatic carbocycles. The number of hydrogen-bond acceptors (Lipinski definition) is 4. The molecule has 0 radical (unpaired) electrons. The van der Waals surface area contributed by atoms with Gasteiger partial charge in [0.2, 0.25) is 0 Å². The fourth-order valence-electron chi connectivity index (χ4n) is 3.36. The standard InChI is InChI=1S/C20H23N5/c1-16(9-13-25-12-5-11-22-25)23-19-7-4-6-17-14-24(15-18(17)19)20-8-2-3-10-21-20/h2-8,10-12,16,23H,9,13-15H2,1H3/t16-/m0/s1. The first-order valence-corrected chi connectivity index (χ1v) is 8.80. The van der Waals surface area contributed by atoms with Crippen LogP contribution in [0.25, 0.3) is 0 Å². The Hall–Kier alpha value is -2.82. The number of fused-ring (bicyclic) bond motifs is 1. The van der Waals surface area contributed by atoms with E-state index in [1.165, 1.54) is 16.8 Å². The smallest absolute Gasteiger partial charge is 0.129 e. The first-order chi connectivity index (χ1) is 12.3. The maximum Gasteiger partial charge on any atom is 0.129 e. The number of pyridine rings is 1. The van der Waals surface area contributed by atoms with Crippen molar-refractivity contribution in [2.75, 3.05) is 10.2 Å². The summed E-state index contributed by atoms with van der Waals surface area (Å²) in [6.45, 7) is 4.98. The van der Waals surface area contributed by atoms with E-state index in [0.29, 0.717) is 6.04 Å². The molecule has 0 fully saturated rings. The zero-order valence-corrected chi connectivity index (χ0v) is 14.5. The van der Waals surface area contributed by atoms with Crippen LogP contribution >= 0.6 is 0 Å². The molecule has 1 aromatic carbocycles. The molecule has 0 unspecified atom stereocenters. The molecule has 0 spiro atoms. The van der Waals surface area contributed by atoms with E-state index in [1.54, 1.807) is 0 Å². The van der Waals surface area contributed by atoms with E-state index in [0.717, 1.165) is 31.9 Å². The molecule has 1 atom stereocenters. The molecule has 0 saturated carbocycles. The molecule has 0 amide bonds. The van der Waals surface area contributed by atoms with Gasteiger partial charge in [0, 0.05) is 50.0 Å². The van der Waals surface area contributed by atoms with Gasteiger partial charge in [-0.3, -0.25) is 4.68 Å². The van der Waals surface area contributed by atoms with Gasteiger partial charge in [-0.2, -0.15) is 5.10 Å². The van der Waals surface area contributed by atoms with E-state index < -0.39 is 0 Å². The second kappa shape index (κ2) is 6.97. The van der Waals surface area contributed by atoms with E-state index >= 15 is 0 Å².